The van der Waals surface area contributed by atoms with Crippen LogP contribution in [-0.4, -0.2) is 54.5 Å². The van der Waals surface area contributed by atoms with Gasteiger partial charge >= 0.3 is 5.97 Å². The molecule has 0 bridgehead atoms. The highest BCUT2D eigenvalue weighted by Gasteiger charge is 2.41. The van der Waals surface area contributed by atoms with Crippen molar-refractivity contribution in [3.05, 3.63) is 22.2 Å². The number of sulfonamides is 1. The molecule has 0 aliphatic carbocycles. The Bertz CT molecular complexity index is 822. The van der Waals surface area contributed by atoms with E-state index >= 15 is 0 Å². The molecule has 136 valence electrons. The summed E-state index contributed by atoms with van der Waals surface area (Å²) < 4.78 is 37.3. The van der Waals surface area contributed by atoms with Gasteiger partial charge in [-0.15, -0.1) is 0 Å². The number of aliphatic carboxylic acids is 1. The van der Waals surface area contributed by atoms with E-state index in [-0.39, 0.29) is 37.7 Å². The molecule has 2 heterocycles. The van der Waals surface area contributed by atoms with Gasteiger partial charge in [-0.3, -0.25) is 14.9 Å². The number of benzene rings is 1. The third-order valence-electron chi connectivity index (χ3n) is 4.15. The largest absolute Gasteiger partial charge is 0.486 e. The Morgan fingerprint density at radius 3 is 2.48 bits per heavy atom. The van der Waals surface area contributed by atoms with Crippen LogP contribution in [0, 0.1) is 10.1 Å². The van der Waals surface area contributed by atoms with Crippen molar-refractivity contribution >= 4 is 21.7 Å². The number of nitrogens with zero attached hydrogens (tertiary/aromatic N) is 2. The van der Waals surface area contributed by atoms with Gasteiger partial charge in [0.15, 0.2) is 16.4 Å². The third-order valence-corrected chi connectivity index (χ3v) is 6.08. The maximum Gasteiger partial charge on any atom is 0.322 e. The molecule has 0 amide bonds. The third kappa shape index (κ3) is 3.12. The molecule has 2 aliphatic rings. The van der Waals surface area contributed by atoms with Crippen molar-refractivity contribution < 1.29 is 32.7 Å². The summed E-state index contributed by atoms with van der Waals surface area (Å²) in [6, 6.07) is 0.794. The van der Waals surface area contributed by atoms with Gasteiger partial charge in [0, 0.05) is 12.6 Å². The zero-order chi connectivity index (χ0) is 18.2. The molecule has 1 aromatic carbocycles. The molecule has 1 atom stereocenters. The Morgan fingerprint density at radius 2 is 1.88 bits per heavy atom. The number of fused-ring (bicyclic) bond motifs is 1. The molecule has 1 unspecified atom stereocenters. The Balaban J connectivity index is 2.12. The number of ether oxygens (including phenoxy) is 2. The minimum atomic E-state index is -4.39. The van der Waals surface area contributed by atoms with Gasteiger partial charge in [0.1, 0.15) is 19.3 Å². The first-order valence-electron chi connectivity index (χ1n) is 7.65. The summed E-state index contributed by atoms with van der Waals surface area (Å²) in [5, 5.41) is 20.7. The van der Waals surface area contributed by atoms with Crippen LogP contribution >= 0.6 is 0 Å². The van der Waals surface area contributed by atoms with Gasteiger partial charge in [-0.25, -0.2) is 8.42 Å². The Kier molecular flexibility index (Phi) is 4.52. The molecular weight excluding hydrogens is 356 g/mol. The number of rotatable bonds is 4. The number of piperidine rings is 1. The quantitative estimate of drug-likeness (QED) is 0.610. The fourth-order valence-corrected chi connectivity index (χ4v) is 4.78. The normalized spacial score (nSPS) is 20.9. The lowest BCUT2D eigenvalue weighted by atomic mass is 10.1. The monoisotopic (exact) mass is 372 g/mol. The number of hydrogen-bond donors (Lipinski definition) is 1. The fourth-order valence-electron chi connectivity index (χ4n) is 2.97. The summed E-state index contributed by atoms with van der Waals surface area (Å²) in [5.74, 6) is -1.10. The minimum Gasteiger partial charge on any atom is -0.486 e. The van der Waals surface area contributed by atoms with Gasteiger partial charge in [-0.05, 0) is 19.3 Å². The van der Waals surface area contributed by atoms with E-state index in [0.717, 1.165) is 16.4 Å². The molecule has 25 heavy (non-hydrogen) atoms. The SMILES string of the molecule is O=C(O)C1CCCCN1S(=O)(=O)c1cc2c(cc1[N+](=O)[O-])OCCO2. The first kappa shape index (κ1) is 17.4. The molecule has 10 nitrogen and oxygen atoms in total. The first-order valence-corrected chi connectivity index (χ1v) is 9.09. The van der Waals surface area contributed by atoms with Crippen molar-refractivity contribution in [2.24, 2.45) is 0 Å². The predicted octanol–water partition coefficient (Wildman–Crippen LogP) is 0.994. The van der Waals surface area contributed by atoms with Crippen molar-refractivity contribution in [2.45, 2.75) is 30.2 Å². The van der Waals surface area contributed by atoms with Crippen LogP contribution in [0.5, 0.6) is 11.5 Å². The molecule has 1 N–H and O–H groups in total. The van der Waals surface area contributed by atoms with E-state index in [1.165, 1.54) is 0 Å². The maximum absolute atomic E-state index is 13.0. The molecule has 1 saturated heterocycles. The van der Waals surface area contributed by atoms with Crippen LogP contribution < -0.4 is 9.47 Å². The molecular formula is C14H16N2O8S. The first-order chi connectivity index (χ1) is 11.8. The maximum atomic E-state index is 13.0. The van der Waals surface area contributed by atoms with Gasteiger partial charge < -0.3 is 14.6 Å². The lowest BCUT2D eigenvalue weighted by Gasteiger charge is -2.32. The van der Waals surface area contributed by atoms with Crippen LogP contribution in [0.4, 0.5) is 5.69 Å². The summed E-state index contributed by atoms with van der Waals surface area (Å²) in [6.07, 6.45) is 1.22. The number of hydrogen-bond acceptors (Lipinski definition) is 7. The van der Waals surface area contributed by atoms with E-state index in [9.17, 15) is 28.4 Å². The summed E-state index contributed by atoms with van der Waals surface area (Å²) in [7, 11) is -4.39. The molecule has 1 aromatic rings. The topological polar surface area (TPSA) is 136 Å². The van der Waals surface area contributed by atoms with Crippen molar-refractivity contribution in [3.63, 3.8) is 0 Å². The average Bonchev–Trinajstić information content (AvgIpc) is 2.60. The highest BCUT2D eigenvalue weighted by molar-refractivity contribution is 7.89. The molecule has 1 fully saturated rings. The fraction of sp³-hybridized carbons (Fsp3) is 0.500. The van der Waals surface area contributed by atoms with E-state index in [1.54, 1.807) is 0 Å². The van der Waals surface area contributed by atoms with Gasteiger partial charge in [-0.2, -0.15) is 4.31 Å². The van der Waals surface area contributed by atoms with Crippen LogP contribution in [0.2, 0.25) is 0 Å². The second-order valence-electron chi connectivity index (χ2n) is 5.69. The van der Waals surface area contributed by atoms with Crippen molar-refractivity contribution in [1.29, 1.82) is 0 Å². The van der Waals surface area contributed by atoms with E-state index in [2.05, 4.69) is 0 Å². The molecule has 2 aliphatic heterocycles. The summed E-state index contributed by atoms with van der Waals surface area (Å²) in [5.41, 5.74) is -0.668. The van der Waals surface area contributed by atoms with Gasteiger partial charge in [0.25, 0.3) is 15.7 Å². The average molecular weight is 372 g/mol. The number of carboxylic acids is 1. The molecule has 0 aromatic heterocycles. The number of carbonyl (C=O) groups is 1. The molecule has 0 spiro atoms. The van der Waals surface area contributed by atoms with Crippen molar-refractivity contribution in [2.75, 3.05) is 19.8 Å². The van der Waals surface area contributed by atoms with Crippen LogP contribution in [0.1, 0.15) is 19.3 Å². The molecule has 0 saturated carbocycles. The van der Waals surface area contributed by atoms with Crippen molar-refractivity contribution in [1.82, 2.24) is 4.31 Å². The second kappa shape index (κ2) is 6.48. The zero-order valence-corrected chi connectivity index (χ0v) is 13.9. The van der Waals surface area contributed by atoms with Crippen molar-refractivity contribution in [3.8, 4) is 11.5 Å². The lowest BCUT2D eigenvalue weighted by molar-refractivity contribution is -0.388. The molecule has 0 radical (unpaired) electrons. The van der Waals surface area contributed by atoms with E-state index in [0.29, 0.717) is 12.8 Å². The smallest absolute Gasteiger partial charge is 0.322 e. The highest BCUT2D eigenvalue weighted by atomic mass is 32.2. The van der Waals surface area contributed by atoms with Crippen LogP contribution in [-0.2, 0) is 14.8 Å². The lowest BCUT2D eigenvalue weighted by Crippen LogP contribution is -2.47. The number of nitro benzene ring substituents is 1. The predicted molar refractivity (Wildman–Crippen MR) is 83.3 cm³/mol. The summed E-state index contributed by atoms with van der Waals surface area (Å²) in [6.45, 7) is 0.375. The number of carboxylic acid groups (broad SMARTS) is 1. The highest BCUT2D eigenvalue weighted by Crippen LogP contribution is 2.40. The van der Waals surface area contributed by atoms with Gasteiger partial charge in [0.2, 0.25) is 0 Å². The molecule has 11 heteroatoms. The summed E-state index contributed by atoms with van der Waals surface area (Å²) in [4.78, 5) is 21.4. The van der Waals surface area contributed by atoms with Crippen LogP contribution in [0.15, 0.2) is 17.0 Å². The standard InChI is InChI=1S/C14H16N2O8S/c17-14(18)9-3-1-2-4-15(9)25(21,22)13-8-12-11(23-5-6-24-12)7-10(13)16(19)20/h7-9H,1-6H2,(H,17,18). The van der Waals surface area contributed by atoms with Crippen LogP contribution in [0.25, 0.3) is 0 Å². The van der Waals surface area contributed by atoms with E-state index in [1.807, 2.05) is 0 Å². The van der Waals surface area contributed by atoms with Crippen LogP contribution in [0.3, 0.4) is 0 Å². The Morgan fingerprint density at radius 1 is 1.24 bits per heavy atom. The second-order valence-corrected chi connectivity index (χ2v) is 7.55. The summed E-state index contributed by atoms with van der Waals surface area (Å²) >= 11 is 0. The Labute approximate surface area is 143 Å². The minimum absolute atomic E-state index is 0.00903. The van der Waals surface area contributed by atoms with Gasteiger partial charge in [0.05, 0.1) is 11.0 Å². The van der Waals surface area contributed by atoms with E-state index in [4.69, 9.17) is 9.47 Å². The number of nitro groups is 1. The molecule has 3 rings (SSSR count). The van der Waals surface area contributed by atoms with Gasteiger partial charge in [-0.1, -0.05) is 0 Å². The Hall–Kier alpha value is -2.40. The zero-order valence-electron chi connectivity index (χ0n) is 13.1. The van der Waals surface area contributed by atoms with E-state index < -0.39 is 37.5 Å².